The molecule has 1 amide bonds. The fourth-order valence-corrected chi connectivity index (χ4v) is 2.60. The van der Waals surface area contributed by atoms with Crippen LogP contribution in [0.25, 0.3) is 0 Å². The molecule has 3 N–H and O–H groups in total. The zero-order chi connectivity index (χ0) is 14.2. The van der Waals surface area contributed by atoms with Crippen LogP contribution >= 0.6 is 24.0 Å². The lowest BCUT2D eigenvalue weighted by molar-refractivity contribution is -0.128. The Labute approximate surface area is 121 Å². The van der Waals surface area contributed by atoms with E-state index in [-0.39, 0.29) is 5.91 Å². The summed E-state index contributed by atoms with van der Waals surface area (Å²) in [7, 11) is 0. The topological polar surface area (TPSA) is 55.1 Å². The molecule has 0 aliphatic heterocycles. The highest BCUT2D eigenvalue weighted by molar-refractivity contribution is 7.99. The van der Waals surface area contributed by atoms with Crippen LogP contribution in [0.2, 0.25) is 0 Å². The summed E-state index contributed by atoms with van der Waals surface area (Å²) < 4.78 is 0. The molecule has 0 bridgehead atoms. The van der Waals surface area contributed by atoms with Crippen LogP contribution in [0.15, 0.2) is 0 Å². The van der Waals surface area contributed by atoms with Crippen LogP contribution in [0.5, 0.6) is 0 Å². The van der Waals surface area contributed by atoms with Gasteiger partial charge in [0.1, 0.15) is 0 Å². The predicted molar refractivity (Wildman–Crippen MR) is 85.0 cm³/mol. The smallest absolute Gasteiger partial charge is 0.233 e. The third kappa shape index (κ3) is 4.76. The third-order valence-corrected chi connectivity index (χ3v) is 4.57. The van der Waals surface area contributed by atoms with Gasteiger partial charge in [0.05, 0.1) is 10.4 Å². The SMILES string of the molecule is CCCC(CCC)(C(=O)NCC(C)SC)C(N)=S. The maximum atomic E-state index is 12.4. The van der Waals surface area contributed by atoms with Gasteiger partial charge >= 0.3 is 0 Å². The fourth-order valence-electron chi connectivity index (χ4n) is 2.05. The van der Waals surface area contributed by atoms with Crippen LogP contribution in [0.1, 0.15) is 46.5 Å². The van der Waals surface area contributed by atoms with Crippen molar-refractivity contribution >= 4 is 34.9 Å². The van der Waals surface area contributed by atoms with Gasteiger partial charge in [0.2, 0.25) is 5.91 Å². The zero-order valence-corrected chi connectivity index (χ0v) is 13.5. The van der Waals surface area contributed by atoms with Gasteiger partial charge in [-0.3, -0.25) is 4.79 Å². The van der Waals surface area contributed by atoms with Crippen molar-refractivity contribution in [2.24, 2.45) is 11.1 Å². The molecule has 0 fully saturated rings. The third-order valence-electron chi connectivity index (χ3n) is 3.21. The highest BCUT2D eigenvalue weighted by Crippen LogP contribution is 2.31. The molecule has 0 aliphatic rings. The molecule has 0 aromatic rings. The van der Waals surface area contributed by atoms with Crippen molar-refractivity contribution in [3.05, 3.63) is 0 Å². The monoisotopic (exact) mass is 290 g/mol. The van der Waals surface area contributed by atoms with E-state index >= 15 is 0 Å². The van der Waals surface area contributed by atoms with Gasteiger partial charge in [0.25, 0.3) is 0 Å². The minimum absolute atomic E-state index is 0.000370. The first-order valence-electron chi connectivity index (χ1n) is 6.55. The van der Waals surface area contributed by atoms with Gasteiger partial charge in [-0.15, -0.1) is 0 Å². The first-order chi connectivity index (χ1) is 8.44. The molecule has 1 unspecified atom stereocenters. The van der Waals surface area contributed by atoms with E-state index in [1.807, 2.05) is 6.26 Å². The van der Waals surface area contributed by atoms with E-state index < -0.39 is 5.41 Å². The molecule has 3 nitrogen and oxygen atoms in total. The molecular formula is C13H26N2OS2. The van der Waals surface area contributed by atoms with Crippen molar-refractivity contribution in [1.82, 2.24) is 5.32 Å². The Morgan fingerprint density at radius 1 is 1.39 bits per heavy atom. The van der Waals surface area contributed by atoms with Crippen LogP contribution in [0.3, 0.4) is 0 Å². The van der Waals surface area contributed by atoms with Crippen LogP contribution in [-0.2, 0) is 4.79 Å². The van der Waals surface area contributed by atoms with E-state index in [2.05, 4.69) is 26.1 Å². The summed E-state index contributed by atoms with van der Waals surface area (Å²) in [5.41, 5.74) is 5.19. The average Bonchev–Trinajstić information content (AvgIpc) is 2.34. The maximum absolute atomic E-state index is 12.4. The molecule has 5 heteroatoms. The second-order valence-corrected chi connectivity index (χ2v) is 6.42. The Balaban J connectivity index is 4.82. The second kappa shape index (κ2) is 8.75. The largest absolute Gasteiger partial charge is 0.392 e. The van der Waals surface area contributed by atoms with Crippen LogP contribution < -0.4 is 11.1 Å². The predicted octanol–water partition coefficient (Wildman–Crippen LogP) is 2.73. The second-order valence-electron chi connectivity index (χ2n) is 4.70. The number of carbonyl (C=O) groups excluding carboxylic acids is 1. The van der Waals surface area contributed by atoms with Crippen molar-refractivity contribution in [3.63, 3.8) is 0 Å². The maximum Gasteiger partial charge on any atom is 0.233 e. The first-order valence-corrected chi connectivity index (χ1v) is 8.25. The molecule has 0 saturated heterocycles. The van der Waals surface area contributed by atoms with Gasteiger partial charge < -0.3 is 11.1 Å². The van der Waals surface area contributed by atoms with Crippen molar-refractivity contribution in [2.75, 3.05) is 12.8 Å². The molecular weight excluding hydrogens is 264 g/mol. The van der Waals surface area contributed by atoms with Crippen LogP contribution in [0.4, 0.5) is 0 Å². The summed E-state index contributed by atoms with van der Waals surface area (Å²) in [4.78, 5) is 12.8. The molecule has 0 rings (SSSR count). The van der Waals surface area contributed by atoms with E-state index in [1.165, 1.54) is 0 Å². The minimum atomic E-state index is -0.656. The summed E-state index contributed by atoms with van der Waals surface area (Å²) in [6.45, 7) is 6.87. The average molecular weight is 290 g/mol. The lowest BCUT2D eigenvalue weighted by Gasteiger charge is -2.31. The van der Waals surface area contributed by atoms with E-state index in [4.69, 9.17) is 18.0 Å². The number of carbonyl (C=O) groups is 1. The molecule has 0 aromatic heterocycles. The van der Waals surface area contributed by atoms with Gasteiger partial charge in [-0.1, -0.05) is 45.8 Å². The molecule has 0 heterocycles. The molecule has 106 valence electrons. The van der Waals surface area contributed by atoms with Gasteiger partial charge in [-0.05, 0) is 19.1 Å². The van der Waals surface area contributed by atoms with Crippen molar-refractivity contribution < 1.29 is 4.79 Å². The normalized spacial score (nSPS) is 13.1. The highest BCUT2D eigenvalue weighted by Gasteiger charge is 2.39. The van der Waals surface area contributed by atoms with Crippen molar-refractivity contribution in [1.29, 1.82) is 0 Å². The van der Waals surface area contributed by atoms with E-state index in [9.17, 15) is 4.79 Å². The first kappa shape index (κ1) is 17.7. The molecule has 0 spiro atoms. The summed E-state index contributed by atoms with van der Waals surface area (Å²) in [5, 5.41) is 3.40. The van der Waals surface area contributed by atoms with Crippen LogP contribution in [0, 0.1) is 5.41 Å². The number of nitrogens with two attached hydrogens (primary N) is 1. The number of amides is 1. The number of thioether (sulfide) groups is 1. The molecule has 0 aromatic carbocycles. The molecule has 18 heavy (non-hydrogen) atoms. The van der Waals surface area contributed by atoms with Crippen molar-refractivity contribution in [2.45, 2.75) is 51.7 Å². The van der Waals surface area contributed by atoms with E-state index in [0.717, 1.165) is 25.7 Å². The Bertz CT molecular complexity index is 276. The summed E-state index contributed by atoms with van der Waals surface area (Å²) in [6, 6.07) is 0. The lowest BCUT2D eigenvalue weighted by Crippen LogP contribution is -2.50. The van der Waals surface area contributed by atoms with Gasteiger partial charge in [-0.25, -0.2) is 0 Å². The number of thiocarbonyl (C=S) groups is 1. The van der Waals surface area contributed by atoms with Crippen molar-refractivity contribution in [3.8, 4) is 0 Å². The quantitative estimate of drug-likeness (QED) is 0.641. The highest BCUT2D eigenvalue weighted by atomic mass is 32.2. The summed E-state index contributed by atoms with van der Waals surface area (Å²) in [5.74, 6) is -0.000370. The fraction of sp³-hybridized carbons (Fsp3) is 0.846. The van der Waals surface area contributed by atoms with Crippen LogP contribution in [-0.4, -0.2) is 28.9 Å². The Morgan fingerprint density at radius 2 is 1.89 bits per heavy atom. The number of rotatable bonds is 9. The summed E-state index contributed by atoms with van der Waals surface area (Å²) >= 11 is 6.89. The summed E-state index contributed by atoms with van der Waals surface area (Å²) in [6.07, 6.45) is 5.31. The Hall–Kier alpha value is -0.290. The Morgan fingerprint density at radius 3 is 2.22 bits per heavy atom. The molecule has 0 saturated carbocycles. The van der Waals surface area contributed by atoms with E-state index in [1.54, 1.807) is 11.8 Å². The van der Waals surface area contributed by atoms with Gasteiger partial charge in [0, 0.05) is 11.8 Å². The van der Waals surface area contributed by atoms with E-state index in [0.29, 0.717) is 16.8 Å². The Kier molecular flexibility index (Phi) is 8.61. The number of nitrogens with one attached hydrogen (secondary N) is 1. The number of hydrogen-bond donors (Lipinski definition) is 2. The molecule has 0 radical (unpaired) electrons. The van der Waals surface area contributed by atoms with Gasteiger partial charge in [0.15, 0.2) is 0 Å². The zero-order valence-electron chi connectivity index (χ0n) is 11.9. The molecule has 1 atom stereocenters. The lowest BCUT2D eigenvalue weighted by atomic mass is 9.78. The standard InChI is InChI=1S/C13H26N2OS2/c1-5-7-13(8-6-2,11(14)17)12(16)15-9-10(3)18-4/h10H,5-9H2,1-4H3,(H2,14,17)(H,15,16). The minimum Gasteiger partial charge on any atom is -0.392 e. The molecule has 0 aliphatic carbocycles. The van der Waals surface area contributed by atoms with Gasteiger partial charge in [-0.2, -0.15) is 11.8 Å². The number of hydrogen-bond acceptors (Lipinski definition) is 3.